The van der Waals surface area contributed by atoms with Gasteiger partial charge in [0.25, 0.3) is 0 Å². The Hall–Kier alpha value is 1.00. The molecule has 1 aromatic carbocycles. The summed E-state index contributed by atoms with van der Waals surface area (Å²) in [5, 5.41) is 0. The fourth-order valence-corrected chi connectivity index (χ4v) is 1.07. The van der Waals surface area contributed by atoms with Crippen molar-refractivity contribution in [3.8, 4) is 0 Å². The average Bonchev–Trinajstić information content (AvgIpc) is 2.47. The number of fused-ring (bicyclic) bond motifs is 1. The van der Waals surface area contributed by atoms with Gasteiger partial charge in [-0.3, -0.25) is 0 Å². The molecule has 2 rings (SSSR count). The van der Waals surface area contributed by atoms with Gasteiger partial charge in [-0.1, -0.05) is 36.4 Å². The molecule has 0 saturated carbocycles. The second-order valence-electron chi connectivity index (χ2n) is 2.58. The average molecular weight is 348 g/mol. The van der Waals surface area contributed by atoms with Gasteiger partial charge in [-0.25, -0.2) is 0 Å². The van der Waals surface area contributed by atoms with Crippen LogP contribution in [0.25, 0.3) is 6.08 Å². The minimum atomic E-state index is -3.29. The summed E-state index contributed by atoms with van der Waals surface area (Å²) in [7, 11) is 20.1. The number of hydrogen-bond acceptors (Lipinski definition) is 0. The molecular weight excluding hydrogens is 341 g/mol. The van der Waals surface area contributed by atoms with E-state index in [0.29, 0.717) is 0 Å². The van der Waals surface area contributed by atoms with Gasteiger partial charge < -0.3 is 0 Å². The second-order valence-corrected chi connectivity index (χ2v) is 25.0. The van der Waals surface area contributed by atoms with E-state index >= 15 is 0 Å². The van der Waals surface area contributed by atoms with Gasteiger partial charge in [0.05, 0.1) is 0 Å². The minimum absolute atomic E-state index is 1.33. The molecule has 0 aliphatic heterocycles. The predicted octanol–water partition coefficient (Wildman–Crippen LogP) is 5.02. The maximum atomic E-state index is 5.04. The first-order valence-electron chi connectivity index (χ1n) is 3.83. The van der Waals surface area contributed by atoms with Gasteiger partial charge >= 0.3 is 49.5 Å². The van der Waals surface area contributed by atoms with Gasteiger partial charge in [0, 0.05) is 6.42 Å². The summed E-state index contributed by atoms with van der Waals surface area (Å²) in [5.74, 6) is 0. The Morgan fingerprint density at radius 1 is 0.857 bits per heavy atom. The summed E-state index contributed by atoms with van der Waals surface area (Å²) < 4.78 is 0. The summed E-state index contributed by atoms with van der Waals surface area (Å²) in [6.07, 6.45) is 6.31. The molecule has 1 radical (unpaired) electrons. The van der Waals surface area contributed by atoms with Gasteiger partial charge in [0.15, 0.2) is 0 Å². The Morgan fingerprint density at radius 3 is 1.86 bits per heavy atom. The van der Waals surface area contributed by atoms with Crippen molar-refractivity contribution in [1.29, 1.82) is 0 Å². The molecule has 0 bridgehead atoms. The Labute approximate surface area is 102 Å². The van der Waals surface area contributed by atoms with Crippen molar-refractivity contribution >= 4 is 40.1 Å². The molecule has 0 amide bonds. The molecule has 1 aliphatic rings. The first kappa shape index (κ1) is 13.1. The van der Waals surface area contributed by atoms with E-state index in [0.717, 1.165) is 0 Å². The summed E-state index contributed by atoms with van der Waals surface area (Å²) in [6, 6.07) is 8.36. The maximum absolute atomic E-state index is 5.04. The van der Waals surface area contributed by atoms with Crippen LogP contribution in [0, 0.1) is 6.42 Å². The Kier molecular flexibility index (Phi) is 5.52. The second kappa shape index (κ2) is 5.92. The van der Waals surface area contributed by atoms with Crippen LogP contribution in [0.3, 0.4) is 0 Å². The third-order valence-corrected chi connectivity index (χ3v) is 1.55. The van der Waals surface area contributed by atoms with Gasteiger partial charge in [0.2, 0.25) is 0 Å². The zero-order chi connectivity index (χ0) is 10.6. The zero-order valence-corrected chi connectivity index (χ0v) is 12.5. The first-order chi connectivity index (χ1) is 6.47. The number of allylic oxidation sites excluding steroid dienone is 1. The predicted molar refractivity (Wildman–Crippen MR) is 62.3 cm³/mol. The van der Waals surface area contributed by atoms with E-state index in [2.05, 4.69) is 42.8 Å². The topological polar surface area (TPSA) is 0 Å². The monoisotopic (exact) mass is 345 g/mol. The molecule has 0 fully saturated rings. The van der Waals surface area contributed by atoms with Crippen molar-refractivity contribution in [2.75, 3.05) is 0 Å². The molecule has 0 spiro atoms. The van der Waals surface area contributed by atoms with E-state index in [1.165, 1.54) is 11.1 Å². The molecule has 5 heteroatoms. The Morgan fingerprint density at radius 2 is 1.36 bits per heavy atom. The number of rotatable bonds is 0. The van der Waals surface area contributed by atoms with Crippen LogP contribution in [0.15, 0.2) is 30.3 Å². The number of benzene rings is 1. The standard InChI is InChI=1S/C9H7.4ClH.Zr/c1-2-5-9-7-3-6-8(9)4-1;;;;;/h1-7H;4*1H;/q;;;;;+4/p-4. The Bertz CT molecular complexity index is 324. The van der Waals surface area contributed by atoms with E-state index in [1.54, 1.807) is 0 Å². The molecule has 0 unspecified atom stereocenters. The van der Waals surface area contributed by atoms with Crippen LogP contribution in [0.2, 0.25) is 0 Å². The quantitative estimate of drug-likeness (QED) is 0.618. The van der Waals surface area contributed by atoms with Crippen LogP contribution >= 0.6 is 34.1 Å². The molecule has 1 aromatic rings. The van der Waals surface area contributed by atoms with E-state index in [9.17, 15) is 0 Å². The van der Waals surface area contributed by atoms with Crippen molar-refractivity contribution < 1.29 is 15.5 Å². The molecule has 0 atom stereocenters. The third-order valence-electron chi connectivity index (χ3n) is 1.55. The molecule has 0 saturated heterocycles. The van der Waals surface area contributed by atoms with Crippen LogP contribution in [0.5, 0.6) is 0 Å². The number of halogens is 4. The molecule has 14 heavy (non-hydrogen) atoms. The van der Waals surface area contributed by atoms with Gasteiger partial charge in [-0.2, -0.15) is 0 Å². The molecular formula is C9H7Cl4Zr. The molecule has 0 N–H and O–H groups in total. The molecule has 1 aliphatic carbocycles. The van der Waals surface area contributed by atoms with Crippen LogP contribution < -0.4 is 0 Å². The van der Waals surface area contributed by atoms with E-state index < -0.39 is 15.5 Å². The summed E-state index contributed by atoms with van der Waals surface area (Å²) in [6.45, 7) is 0. The van der Waals surface area contributed by atoms with Gasteiger partial charge in [-0.05, 0) is 11.1 Å². The molecule has 0 nitrogen and oxygen atoms in total. The fourth-order valence-electron chi connectivity index (χ4n) is 1.07. The van der Waals surface area contributed by atoms with E-state index in [-0.39, 0.29) is 0 Å². The van der Waals surface area contributed by atoms with Crippen molar-refractivity contribution in [3.05, 3.63) is 47.9 Å². The van der Waals surface area contributed by atoms with Crippen molar-refractivity contribution in [2.45, 2.75) is 0 Å². The molecule has 0 aromatic heterocycles. The van der Waals surface area contributed by atoms with E-state index in [1.807, 2.05) is 0 Å². The van der Waals surface area contributed by atoms with Crippen LogP contribution in [-0.4, -0.2) is 0 Å². The normalized spacial score (nSPS) is 13.1. The van der Waals surface area contributed by atoms with Crippen molar-refractivity contribution in [1.82, 2.24) is 0 Å². The third kappa shape index (κ3) is 5.78. The van der Waals surface area contributed by atoms with Crippen LogP contribution in [-0.2, 0) is 15.5 Å². The fraction of sp³-hybridized carbons (Fsp3) is 0. The van der Waals surface area contributed by atoms with Crippen molar-refractivity contribution in [2.24, 2.45) is 0 Å². The Balaban J connectivity index is 0.000000171. The molecule has 75 valence electrons. The van der Waals surface area contributed by atoms with Crippen molar-refractivity contribution in [3.63, 3.8) is 0 Å². The van der Waals surface area contributed by atoms with Crippen LogP contribution in [0.1, 0.15) is 11.1 Å². The summed E-state index contributed by atoms with van der Waals surface area (Å²) >= 11 is -3.29. The van der Waals surface area contributed by atoms with Gasteiger partial charge in [0.1, 0.15) is 0 Å². The number of hydrogen-bond donors (Lipinski definition) is 0. The SMILES string of the molecule is [CH]1C=Cc2ccccc21.[Cl][Zr]([Cl])([Cl])[Cl]. The summed E-state index contributed by atoms with van der Waals surface area (Å²) in [4.78, 5) is 0. The van der Waals surface area contributed by atoms with Crippen LogP contribution in [0.4, 0.5) is 0 Å². The van der Waals surface area contributed by atoms with Gasteiger partial charge in [-0.15, -0.1) is 0 Å². The molecule has 0 heterocycles. The summed E-state index contributed by atoms with van der Waals surface area (Å²) in [5.41, 5.74) is 2.66. The first-order valence-corrected chi connectivity index (χ1v) is 16.5. The van der Waals surface area contributed by atoms with E-state index in [4.69, 9.17) is 34.1 Å². The zero-order valence-electron chi connectivity index (χ0n) is 7.05.